The first-order valence-electron chi connectivity index (χ1n) is 8.21. The van der Waals surface area contributed by atoms with E-state index in [4.69, 9.17) is 23.2 Å². The van der Waals surface area contributed by atoms with E-state index < -0.39 is 5.54 Å². The van der Waals surface area contributed by atoms with Crippen molar-refractivity contribution in [1.29, 1.82) is 0 Å². The molecule has 1 fully saturated rings. The lowest BCUT2D eigenvalue weighted by molar-refractivity contribution is -0.124. The molecular formula is C19H19Cl2N3O2. The topological polar surface area (TPSA) is 52.7 Å². The Balaban J connectivity index is 1.77. The summed E-state index contributed by atoms with van der Waals surface area (Å²) in [7, 11) is 0. The van der Waals surface area contributed by atoms with E-state index in [0.29, 0.717) is 28.8 Å². The molecule has 0 unspecified atom stereocenters. The van der Waals surface area contributed by atoms with E-state index in [2.05, 4.69) is 5.32 Å². The average molecular weight is 392 g/mol. The highest BCUT2D eigenvalue weighted by Crippen LogP contribution is 2.28. The highest BCUT2D eigenvalue weighted by atomic mass is 35.5. The largest absolute Gasteiger partial charge is 0.325 e. The van der Waals surface area contributed by atoms with Crippen LogP contribution < -0.4 is 10.2 Å². The van der Waals surface area contributed by atoms with Crippen LogP contribution in [0.4, 0.5) is 16.2 Å². The lowest BCUT2D eigenvalue weighted by Crippen LogP contribution is -2.54. The molecule has 0 bridgehead atoms. The second kappa shape index (κ2) is 7.17. The number of benzene rings is 2. The summed E-state index contributed by atoms with van der Waals surface area (Å²) < 4.78 is 0. The maximum absolute atomic E-state index is 12.8. The molecule has 1 heterocycles. The van der Waals surface area contributed by atoms with Gasteiger partial charge in [0.1, 0.15) is 5.54 Å². The highest BCUT2D eigenvalue weighted by molar-refractivity contribution is 6.35. The van der Waals surface area contributed by atoms with E-state index in [1.807, 2.05) is 30.3 Å². The summed E-state index contributed by atoms with van der Waals surface area (Å²) in [5, 5.41) is 3.65. The Morgan fingerprint density at radius 2 is 1.65 bits per heavy atom. The maximum Gasteiger partial charge on any atom is 0.325 e. The molecule has 2 aromatic carbocycles. The first-order chi connectivity index (χ1) is 12.3. The van der Waals surface area contributed by atoms with Crippen molar-refractivity contribution in [1.82, 2.24) is 4.90 Å². The molecule has 1 N–H and O–H groups in total. The molecule has 3 rings (SSSR count). The fourth-order valence-corrected chi connectivity index (χ4v) is 3.46. The van der Waals surface area contributed by atoms with Gasteiger partial charge in [0, 0.05) is 34.5 Å². The van der Waals surface area contributed by atoms with Gasteiger partial charge in [-0.1, -0.05) is 41.4 Å². The molecule has 1 aliphatic heterocycles. The normalized spacial score (nSPS) is 14.7. The number of carbonyl (C=O) groups is 2. The number of amides is 3. The lowest BCUT2D eigenvalue weighted by atomic mass is 10.0. The third kappa shape index (κ3) is 3.64. The summed E-state index contributed by atoms with van der Waals surface area (Å²) in [6, 6.07) is 14.0. The van der Waals surface area contributed by atoms with Crippen molar-refractivity contribution in [2.75, 3.05) is 23.3 Å². The highest BCUT2D eigenvalue weighted by Gasteiger charge is 2.43. The van der Waals surface area contributed by atoms with Gasteiger partial charge < -0.3 is 10.2 Å². The molecule has 1 aliphatic rings. The minimum atomic E-state index is -1.03. The molecule has 1 saturated heterocycles. The smallest absolute Gasteiger partial charge is 0.324 e. The van der Waals surface area contributed by atoms with Gasteiger partial charge in [0.15, 0.2) is 0 Å². The predicted octanol–water partition coefficient (Wildman–Crippen LogP) is 4.65. The average Bonchev–Trinajstić information content (AvgIpc) is 2.97. The molecule has 136 valence electrons. The third-order valence-electron chi connectivity index (χ3n) is 4.43. The molecule has 0 aromatic heterocycles. The van der Waals surface area contributed by atoms with E-state index >= 15 is 0 Å². The van der Waals surface area contributed by atoms with Crippen LogP contribution in [0.3, 0.4) is 0 Å². The van der Waals surface area contributed by atoms with Gasteiger partial charge in [0.05, 0.1) is 0 Å². The fourth-order valence-electron chi connectivity index (χ4n) is 2.94. The number of rotatable bonds is 4. The number of urea groups is 1. The van der Waals surface area contributed by atoms with Gasteiger partial charge in [-0.15, -0.1) is 0 Å². The number of nitrogens with zero attached hydrogens (tertiary/aromatic N) is 2. The Kier molecular flexibility index (Phi) is 5.12. The summed E-state index contributed by atoms with van der Waals surface area (Å²) >= 11 is 12.0. The number of carbonyl (C=O) groups excluding carboxylic acids is 2. The van der Waals surface area contributed by atoms with Crippen LogP contribution in [0, 0.1) is 0 Å². The Labute approximate surface area is 162 Å². The Morgan fingerprint density at radius 3 is 2.27 bits per heavy atom. The van der Waals surface area contributed by atoms with Gasteiger partial charge in [0.25, 0.3) is 0 Å². The molecular weight excluding hydrogens is 373 g/mol. The molecule has 0 radical (unpaired) electrons. The van der Waals surface area contributed by atoms with Crippen LogP contribution >= 0.6 is 23.2 Å². The van der Waals surface area contributed by atoms with Crippen LogP contribution in [-0.4, -0.2) is 35.5 Å². The lowest BCUT2D eigenvalue weighted by Gasteiger charge is -2.33. The van der Waals surface area contributed by atoms with Crippen LogP contribution in [-0.2, 0) is 4.79 Å². The van der Waals surface area contributed by atoms with Crippen molar-refractivity contribution in [2.45, 2.75) is 19.4 Å². The number of hydrogen-bond acceptors (Lipinski definition) is 2. The molecule has 2 aromatic rings. The van der Waals surface area contributed by atoms with Crippen LogP contribution in [0.15, 0.2) is 48.5 Å². The van der Waals surface area contributed by atoms with E-state index in [-0.39, 0.29) is 11.9 Å². The van der Waals surface area contributed by atoms with Crippen molar-refractivity contribution in [2.24, 2.45) is 0 Å². The zero-order valence-electron chi connectivity index (χ0n) is 14.5. The Hall–Kier alpha value is -2.24. The standard InChI is InChI=1S/C19H19Cl2N3O2/c1-19(2,17(25)22-15-11-13(20)10-14(21)12-15)24-9-8-23(18(24)26)16-6-4-3-5-7-16/h3-7,10-12H,8-9H2,1-2H3,(H,22,25). The SMILES string of the molecule is CC(C)(C(=O)Nc1cc(Cl)cc(Cl)c1)N1CCN(c2ccccc2)C1=O. The quantitative estimate of drug-likeness (QED) is 0.824. The molecule has 7 heteroatoms. The van der Waals surface area contributed by atoms with E-state index in [1.165, 1.54) is 0 Å². The molecule has 0 saturated carbocycles. The molecule has 0 aliphatic carbocycles. The van der Waals surface area contributed by atoms with Gasteiger partial charge in [0.2, 0.25) is 5.91 Å². The Bertz CT molecular complexity index is 820. The van der Waals surface area contributed by atoms with Gasteiger partial charge in [-0.2, -0.15) is 0 Å². The molecule has 0 spiro atoms. The second-order valence-corrected chi connectivity index (χ2v) is 7.47. The van der Waals surface area contributed by atoms with Crippen molar-refractivity contribution < 1.29 is 9.59 Å². The molecule has 0 atom stereocenters. The maximum atomic E-state index is 12.8. The zero-order valence-corrected chi connectivity index (χ0v) is 16.0. The summed E-state index contributed by atoms with van der Waals surface area (Å²) in [6.45, 7) is 4.44. The third-order valence-corrected chi connectivity index (χ3v) is 4.86. The van der Waals surface area contributed by atoms with Crippen LogP contribution in [0.2, 0.25) is 10.0 Å². The number of para-hydroxylation sites is 1. The zero-order chi connectivity index (χ0) is 18.9. The van der Waals surface area contributed by atoms with Gasteiger partial charge in [-0.3, -0.25) is 9.69 Å². The van der Waals surface area contributed by atoms with Crippen molar-refractivity contribution in [3.8, 4) is 0 Å². The molecule has 26 heavy (non-hydrogen) atoms. The monoisotopic (exact) mass is 391 g/mol. The van der Waals surface area contributed by atoms with E-state index in [1.54, 1.807) is 41.8 Å². The van der Waals surface area contributed by atoms with Gasteiger partial charge in [-0.05, 0) is 44.2 Å². The first kappa shape index (κ1) is 18.5. The summed E-state index contributed by atoms with van der Waals surface area (Å²) in [6.07, 6.45) is 0. The minimum absolute atomic E-state index is 0.194. The fraction of sp³-hybridized carbons (Fsp3) is 0.263. The summed E-state index contributed by atoms with van der Waals surface area (Å²) in [5.74, 6) is -0.306. The molecule has 5 nitrogen and oxygen atoms in total. The summed E-state index contributed by atoms with van der Waals surface area (Å²) in [4.78, 5) is 28.9. The van der Waals surface area contributed by atoms with Gasteiger partial charge in [-0.25, -0.2) is 4.79 Å². The Morgan fingerprint density at radius 1 is 1.04 bits per heavy atom. The van der Waals surface area contributed by atoms with Crippen molar-refractivity contribution in [3.63, 3.8) is 0 Å². The van der Waals surface area contributed by atoms with E-state index in [9.17, 15) is 9.59 Å². The number of hydrogen-bond donors (Lipinski definition) is 1. The van der Waals surface area contributed by atoms with Gasteiger partial charge >= 0.3 is 6.03 Å². The first-order valence-corrected chi connectivity index (χ1v) is 8.96. The van der Waals surface area contributed by atoms with Crippen LogP contribution in [0.25, 0.3) is 0 Å². The van der Waals surface area contributed by atoms with Crippen molar-refractivity contribution >= 4 is 46.5 Å². The minimum Gasteiger partial charge on any atom is -0.324 e. The predicted molar refractivity (Wildman–Crippen MR) is 105 cm³/mol. The molecule has 3 amide bonds. The number of nitrogens with one attached hydrogen (secondary N) is 1. The van der Waals surface area contributed by atoms with E-state index in [0.717, 1.165) is 5.69 Å². The number of anilines is 2. The van der Waals surface area contributed by atoms with Crippen LogP contribution in [0.1, 0.15) is 13.8 Å². The summed E-state index contributed by atoms with van der Waals surface area (Å²) in [5.41, 5.74) is 0.278. The van der Waals surface area contributed by atoms with Crippen molar-refractivity contribution in [3.05, 3.63) is 58.6 Å². The number of halogens is 2. The van der Waals surface area contributed by atoms with Crippen LogP contribution in [0.5, 0.6) is 0 Å². The second-order valence-electron chi connectivity index (χ2n) is 6.59.